The molecule has 1 aromatic carbocycles. The summed E-state index contributed by atoms with van der Waals surface area (Å²) >= 11 is 0. The molecule has 6 heteroatoms. The van der Waals surface area contributed by atoms with Gasteiger partial charge in [0, 0.05) is 11.6 Å². The van der Waals surface area contributed by atoms with E-state index in [9.17, 15) is 9.18 Å². The first-order valence-electron chi connectivity index (χ1n) is 5.47. The first-order chi connectivity index (χ1) is 9.15. The van der Waals surface area contributed by atoms with Crippen molar-refractivity contribution in [1.29, 1.82) is 0 Å². The van der Waals surface area contributed by atoms with Gasteiger partial charge in [-0.3, -0.25) is 4.57 Å². The predicted molar refractivity (Wildman–Crippen MR) is 65.8 cm³/mol. The van der Waals surface area contributed by atoms with Gasteiger partial charge in [0.1, 0.15) is 0 Å². The first kappa shape index (κ1) is 11.3. The molecule has 0 aliphatic rings. The van der Waals surface area contributed by atoms with Gasteiger partial charge in [-0.1, -0.05) is 0 Å². The van der Waals surface area contributed by atoms with E-state index in [4.69, 9.17) is 5.11 Å². The zero-order valence-electron chi connectivity index (χ0n) is 9.62. The van der Waals surface area contributed by atoms with Crippen molar-refractivity contribution in [2.75, 3.05) is 0 Å². The van der Waals surface area contributed by atoms with E-state index < -0.39 is 11.8 Å². The summed E-state index contributed by atoms with van der Waals surface area (Å²) < 4.78 is 14.5. The van der Waals surface area contributed by atoms with Gasteiger partial charge in [0.05, 0.1) is 23.5 Å². The number of benzene rings is 1. The normalized spacial score (nSPS) is 10.8. The van der Waals surface area contributed by atoms with E-state index in [-0.39, 0.29) is 5.56 Å². The van der Waals surface area contributed by atoms with Gasteiger partial charge >= 0.3 is 5.97 Å². The summed E-state index contributed by atoms with van der Waals surface area (Å²) in [4.78, 5) is 18.7. The zero-order valence-corrected chi connectivity index (χ0v) is 9.62. The van der Waals surface area contributed by atoms with Crippen molar-refractivity contribution in [2.24, 2.45) is 0 Å². The number of carboxylic acids is 1. The van der Waals surface area contributed by atoms with Crippen molar-refractivity contribution in [3.05, 3.63) is 54.2 Å². The molecule has 0 spiro atoms. The van der Waals surface area contributed by atoms with Crippen LogP contribution in [-0.4, -0.2) is 25.6 Å². The Kier molecular flexibility index (Phi) is 2.49. The largest absolute Gasteiger partial charge is 0.478 e. The molecule has 3 rings (SSSR count). The molecule has 0 unspecified atom stereocenters. The molecule has 94 valence electrons. The highest BCUT2D eigenvalue weighted by Gasteiger charge is 2.09. The van der Waals surface area contributed by atoms with Crippen LogP contribution in [-0.2, 0) is 0 Å². The van der Waals surface area contributed by atoms with Crippen LogP contribution in [0.4, 0.5) is 4.39 Å². The Hall–Kier alpha value is -2.76. The molecule has 0 atom stereocenters. The monoisotopic (exact) mass is 257 g/mol. The molecule has 0 aliphatic carbocycles. The summed E-state index contributed by atoms with van der Waals surface area (Å²) in [6, 6.07) is 6.50. The summed E-state index contributed by atoms with van der Waals surface area (Å²) in [6.45, 7) is 0. The SMILES string of the molecule is O=C(O)c1ccc2c(ccn2-c2ncc(F)cn2)c1. The molecule has 0 fully saturated rings. The lowest BCUT2D eigenvalue weighted by molar-refractivity contribution is 0.0697. The van der Waals surface area contributed by atoms with Crippen molar-refractivity contribution < 1.29 is 14.3 Å². The maximum absolute atomic E-state index is 12.8. The molecule has 2 aromatic heterocycles. The number of nitrogens with zero attached hydrogens (tertiary/aromatic N) is 3. The number of hydrogen-bond acceptors (Lipinski definition) is 3. The average Bonchev–Trinajstić information content (AvgIpc) is 2.82. The van der Waals surface area contributed by atoms with Crippen LogP contribution >= 0.6 is 0 Å². The van der Waals surface area contributed by atoms with E-state index in [2.05, 4.69) is 9.97 Å². The van der Waals surface area contributed by atoms with Crippen LogP contribution in [0, 0.1) is 5.82 Å². The quantitative estimate of drug-likeness (QED) is 0.764. The van der Waals surface area contributed by atoms with Gasteiger partial charge in [0.15, 0.2) is 5.82 Å². The Morgan fingerprint density at radius 3 is 2.63 bits per heavy atom. The van der Waals surface area contributed by atoms with Gasteiger partial charge in [0.2, 0.25) is 5.95 Å². The summed E-state index contributed by atoms with van der Waals surface area (Å²) in [6.07, 6.45) is 3.88. The predicted octanol–water partition coefficient (Wildman–Crippen LogP) is 2.26. The molecule has 0 saturated carbocycles. The Balaban J connectivity index is 2.15. The lowest BCUT2D eigenvalue weighted by atomic mass is 10.1. The van der Waals surface area contributed by atoms with E-state index in [0.717, 1.165) is 23.3 Å². The van der Waals surface area contributed by atoms with Crippen LogP contribution < -0.4 is 0 Å². The van der Waals surface area contributed by atoms with E-state index >= 15 is 0 Å². The standard InChI is InChI=1S/C13H8FN3O2/c14-10-6-15-13(16-7-10)17-4-3-8-5-9(12(18)19)1-2-11(8)17/h1-7H,(H,18,19). The number of hydrogen-bond donors (Lipinski definition) is 1. The summed E-state index contributed by atoms with van der Waals surface area (Å²) in [5, 5.41) is 9.68. The molecule has 19 heavy (non-hydrogen) atoms. The van der Waals surface area contributed by atoms with Crippen LogP contribution in [0.5, 0.6) is 0 Å². The average molecular weight is 257 g/mol. The van der Waals surface area contributed by atoms with Crippen molar-refractivity contribution in [2.45, 2.75) is 0 Å². The van der Waals surface area contributed by atoms with Crippen LogP contribution in [0.15, 0.2) is 42.9 Å². The third kappa shape index (κ3) is 1.93. The fraction of sp³-hybridized carbons (Fsp3) is 0. The number of carboxylic acid groups (broad SMARTS) is 1. The molecule has 0 bridgehead atoms. The Morgan fingerprint density at radius 2 is 1.95 bits per heavy atom. The minimum atomic E-state index is -0.979. The van der Waals surface area contributed by atoms with Crippen molar-refractivity contribution >= 4 is 16.9 Å². The van der Waals surface area contributed by atoms with E-state index in [0.29, 0.717) is 5.95 Å². The van der Waals surface area contributed by atoms with Crippen LogP contribution in [0.1, 0.15) is 10.4 Å². The number of aromatic nitrogens is 3. The van der Waals surface area contributed by atoms with Crippen LogP contribution in [0.25, 0.3) is 16.9 Å². The van der Waals surface area contributed by atoms with Gasteiger partial charge in [-0.15, -0.1) is 0 Å². The highest BCUT2D eigenvalue weighted by Crippen LogP contribution is 2.20. The minimum Gasteiger partial charge on any atom is -0.478 e. The molecule has 3 aromatic rings. The zero-order chi connectivity index (χ0) is 13.4. The van der Waals surface area contributed by atoms with Crippen molar-refractivity contribution in [3.63, 3.8) is 0 Å². The molecular weight excluding hydrogens is 249 g/mol. The Bertz CT molecular complexity index is 765. The summed E-state index contributed by atoms with van der Waals surface area (Å²) in [5.74, 6) is -1.15. The fourth-order valence-electron chi connectivity index (χ4n) is 1.88. The number of rotatable bonds is 2. The van der Waals surface area contributed by atoms with Gasteiger partial charge in [-0.25, -0.2) is 19.2 Å². The Morgan fingerprint density at radius 1 is 1.21 bits per heavy atom. The second-order valence-corrected chi connectivity index (χ2v) is 3.97. The maximum atomic E-state index is 12.8. The molecule has 1 N–H and O–H groups in total. The third-order valence-corrected chi connectivity index (χ3v) is 2.76. The maximum Gasteiger partial charge on any atom is 0.335 e. The molecule has 0 amide bonds. The Labute approximate surface area is 107 Å². The number of aromatic carboxylic acids is 1. The van der Waals surface area contributed by atoms with E-state index in [1.54, 1.807) is 29.0 Å². The smallest absolute Gasteiger partial charge is 0.335 e. The minimum absolute atomic E-state index is 0.213. The lowest BCUT2D eigenvalue weighted by Crippen LogP contribution is -2.00. The molecular formula is C13H8FN3O2. The topological polar surface area (TPSA) is 68.0 Å². The molecule has 0 saturated heterocycles. The molecule has 5 nitrogen and oxygen atoms in total. The van der Waals surface area contributed by atoms with Crippen molar-refractivity contribution in [1.82, 2.24) is 14.5 Å². The fourth-order valence-corrected chi connectivity index (χ4v) is 1.88. The van der Waals surface area contributed by atoms with Crippen LogP contribution in [0.2, 0.25) is 0 Å². The van der Waals surface area contributed by atoms with Gasteiger partial charge in [0.25, 0.3) is 0 Å². The highest BCUT2D eigenvalue weighted by atomic mass is 19.1. The number of halogens is 1. The molecule has 2 heterocycles. The first-order valence-corrected chi connectivity index (χ1v) is 5.47. The highest BCUT2D eigenvalue weighted by molar-refractivity contribution is 5.94. The second kappa shape index (κ2) is 4.16. The molecule has 0 radical (unpaired) electrons. The van der Waals surface area contributed by atoms with E-state index in [1.165, 1.54) is 6.07 Å². The third-order valence-electron chi connectivity index (χ3n) is 2.76. The second-order valence-electron chi connectivity index (χ2n) is 3.97. The lowest BCUT2D eigenvalue weighted by Gasteiger charge is -2.03. The van der Waals surface area contributed by atoms with Gasteiger partial charge < -0.3 is 5.11 Å². The number of fused-ring (bicyclic) bond motifs is 1. The molecule has 0 aliphatic heterocycles. The summed E-state index contributed by atoms with van der Waals surface area (Å²) in [7, 11) is 0. The number of carbonyl (C=O) groups is 1. The van der Waals surface area contributed by atoms with Crippen LogP contribution in [0.3, 0.4) is 0 Å². The van der Waals surface area contributed by atoms with Crippen molar-refractivity contribution in [3.8, 4) is 5.95 Å². The van der Waals surface area contributed by atoms with Gasteiger partial charge in [-0.05, 0) is 24.3 Å². The summed E-state index contributed by atoms with van der Waals surface area (Å²) in [5.41, 5.74) is 0.974. The van der Waals surface area contributed by atoms with Gasteiger partial charge in [-0.2, -0.15) is 0 Å². The van der Waals surface area contributed by atoms with E-state index in [1.807, 2.05) is 0 Å².